The van der Waals surface area contributed by atoms with Crippen molar-refractivity contribution >= 4 is 40.4 Å². The van der Waals surface area contributed by atoms with E-state index in [2.05, 4.69) is 15.5 Å². The highest BCUT2D eigenvalue weighted by atomic mass is 32.2. The van der Waals surface area contributed by atoms with Crippen LogP contribution in [-0.4, -0.2) is 26.8 Å². The average molecular weight is 338 g/mol. The fourth-order valence-electron chi connectivity index (χ4n) is 1.89. The van der Waals surface area contributed by atoms with Crippen LogP contribution in [0.1, 0.15) is 16.1 Å². The van der Waals surface area contributed by atoms with Gasteiger partial charge in [0.25, 0.3) is 5.69 Å². The Hall–Kier alpha value is -2.00. The lowest BCUT2D eigenvalue weighted by Crippen LogP contribution is -2.16. The van der Waals surface area contributed by atoms with Crippen LogP contribution in [0.5, 0.6) is 0 Å². The van der Waals surface area contributed by atoms with Crippen molar-refractivity contribution < 1.29 is 9.72 Å². The monoisotopic (exact) mass is 338 g/mol. The molecule has 2 rings (SSSR count). The number of nitrogens with zero attached hydrogens (tertiary/aromatic N) is 3. The van der Waals surface area contributed by atoms with Crippen LogP contribution in [-0.2, 0) is 4.79 Å². The second-order valence-corrected chi connectivity index (χ2v) is 7.06. The van der Waals surface area contributed by atoms with Crippen molar-refractivity contribution in [2.75, 3.05) is 11.1 Å². The average Bonchev–Trinajstić information content (AvgIpc) is 2.84. The van der Waals surface area contributed by atoms with E-state index in [1.807, 2.05) is 6.92 Å². The van der Waals surface area contributed by atoms with Crippen LogP contribution in [0.3, 0.4) is 0 Å². The number of nitro groups is 1. The standard InChI is InChI=1S/C13H14N4O3S2/c1-7-4-8(2)12(10(5-7)17(19)20)14-11(18)6-21-13-16-15-9(3)22-13/h4-5H,6H2,1-3H3,(H,14,18). The van der Waals surface area contributed by atoms with Gasteiger partial charge in [0.05, 0.1) is 10.7 Å². The van der Waals surface area contributed by atoms with Gasteiger partial charge >= 0.3 is 0 Å². The number of carbonyl (C=O) groups excluding carboxylic acids is 1. The summed E-state index contributed by atoms with van der Waals surface area (Å²) in [5, 5.41) is 22.3. The Morgan fingerprint density at radius 1 is 1.36 bits per heavy atom. The maximum Gasteiger partial charge on any atom is 0.293 e. The molecule has 0 saturated heterocycles. The molecule has 1 aromatic heterocycles. The first-order valence-corrected chi connectivity index (χ1v) is 8.15. The normalized spacial score (nSPS) is 10.5. The van der Waals surface area contributed by atoms with E-state index in [0.717, 1.165) is 10.6 Å². The summed E-state index contributed by atoms with van der Waals surface area (Å²) in [6.45, 7) is 5.34. The maximum atomic E-state index is 12.0. The van der Waals surface area contributed by atoms with Crippen molar-refractivity contribution in [2.45, 2.75) is 25.1 Å². The van der Waals surface area contributed by atoms with Crippen molar-refractivity contribution in [3.05, 3.63) is 38.4 Å². The molecule has 0 fully saturated rings. The van der Waals surface area contributed by atoms with E-state index in [1.54, 1.807) is 19.9 Å². The van der Waals surface area contributed by atoms with Gasteiger partial charge < -0.3 is 5.32 Å². The van der Waals surface area contributed by atoms with E-state index < -0.39 is 4.92 Å². The Morgan fingerprint density at radius 3 is 2.68 bits per heavy atom. The number of thioether (sulfide) groups is 1. The number of nitrogens with one attached hydrogen (secondary N) is 1. The molecule has 0 unspecified atom stereocenters. The quantitative estimate of drug-likeness (QED) is 0.511. The number of carbonyl (C=O) groups is 1. The molecular formula is C13H14N4O3S2. The van der Waals surface area contributed by atoms with Crippen molar-refractivity contribution in [3.63, 3.8) is 0 Å². The van der Waals surface area contributed by atoms with Crippen LogP contribution in [0.2, 0.25) is 0 Å². The van der Waals surface area contributed by atoms with Crippen LogP contribution in [0, 0.1) is 30.9 Å². The molecule has 7 nitrogen and oxygen atoms in total. The van der Waals surface area contributed by atoms with Crippen molar-refractivity contribution in [1.82, 2.24) is 10.2 Å². The van der Waals surface area contributed by atoms with Crippen LogP contribution in [0.15, 0.2) is 16.5 Å². The van der Waals surface area contributed by atoms with Crippen LogP contribution >= 0.6 is 23.1 Å². The van der Waals surface area contributed by atoms with Crippen molar-refractivity contribution in [1.29, 1.82) is 0 Å². The summed E-state index contributed by atoms with van der Waals surface area (Å²) in [5.74, 6) is -0.188. The molecule has 0 saturated carbocycles. The maximum absolute atomic E-state index is 12.0. The summed E-state index contributed by atoms with van der Waals surface area (Å²) < 4.78 is 0.697. The molecule has 0 radical (unpaired) electrons. The Balaban J connectivity index is 2.09. The molecule has 0 aliphatic rings. The highest BCUT2D eigenvalue weighted by Crippen LogP contribution is 2.30. The van der Waals surface area contributed by atoms with Gasteiger partial charge in [-0.1, -0.05) is 29.2 Å². The number of benzene rings is 1. The topological polar surface area (TPSA) is 98.0 Å². The molecule has 1 heterocycles. The van der Waals surface area contributed by atoms with Gasteiger partial charge in [-0.2, -0.15) is 0 Å². The van der Waals surface area contributed by atoms with E-state index in [0.29, 0.717) is 9.90 Å². The third-order valence-electron chi connectivity index (χ3n) is 2.75. The van der Waals surface area contributed by atoms with Gasteiger partial charge in [0.2, 0.25) is 5.91 Å². The number of aromatic nitrogens is 2. The van der Waals surface area contributed by atoms with E-state index in [-0.39, 0.29) is 23.0 Å². The smallest absolute Gasteiger partial charge is 0.293 e. The van der Waals surface area contributed by atoms with Gasteiger partial charge in [0.15, 0.2) is 4.34 Å². The zero-order valence-corrected chi connectivity index (χ0v) is 13.9. The zero-order chi connectivity index (χ0) is 16.3. The lowest BCUT2D eigenvalue weighted by atomic mass is 10.1. The Bertz CT molecular complexity index is 730. The number of rotatable bonds is 5. The van der Waals surface area contributed by atoms with E-state index in [4.69, 9.17) is 0 Å². The second kappa shape index (κ2) is 6.84. The number of amides is 1. The van der Waals surface area contributed by atoms with Crippen LogP contribution < -0.4 is 5.32 Å². The summed E-state index contributed by atoms with van der Waals surface area (Å²) in [4.78, 5) is 22.6. The number of aryl methyl sites for hydroxylation is 3. The van der Waals surface area contributed by atoms with Gasteiger partial charge in [0.1, 0.15) is 10.7 Å². The van der Waals surface area contributed by atoms with Gasteiger partial charge in [-0.25, -0.2) is 0 Å². The number of nitro benzene ring substituents is 1. The molecule has 0 atom stereocenters. The summed E-state index contributed by atoms with van der Waals surface area (Å²) in [6, 6.07) is 3.24. The van der Waals surface area contributed by atoms with E-state index in [1.165, 1.54) is 29.2 Å². The first kappa shape index (κ1) is 16.4. The highest BCUT2D eigenvalue weighted by molar-refractivity contribution is 8.01. The SMILES string of the molecule is Cc1cc(C)c(NC(=O)CSc2nnc(C)s2)c([N+](=O)[O-])c1. The Morgan fingerprint density at radius 2 is 2.09 bits per heavy atom. The summed E-state index contributed by atoms with van der Waals surface area (Å²) in [7, 11) is 0. The minimum Gasteiger partial charge on any atom is -0.319 e. The Labute approximate surface area is 135 Å². The largest absolute Gasteiger partial charge is 0.319 e. The van der Waals surface area contributed by atoms with Crippen LogP contribution in [0.4, 0.5) is 11.4 Å². The first-order chi connectivity index (χ1) is 10.4. The fourth-order valence-corrected chi connectivity index (χ4v) is 3.51. The number of hydrogen-bond acceptors (Lipinski definition) is 7. The highest BCUT2D eigenvalue weighted by Gasteiger charge is 2.19. The predicted molar refractivity (Wildman–Crippen MR) is 86.6 cm³/mol. The number of hydrogen-bond donors (Lipinski definition) is 1. The molecular weight excluding hydrogens is 324 g/mol. The molecule has 0 bridgehead atoms. The van der Waals surface area contributed by atoms with Crippen LogP contribution in [0.25, 0.3) is 0 Å². The van der Waals surface area contributed by atoms with Gasteiger partial charge in [-0.15, -0.1) is 10.2 Å². The Kier molecular flexibility index (Phi) is 5.09. The molecule has 116 valence electrons. The molecule has 0 aliphatic carbocycles. The van der Waals surface area contributed by atoms with Crippen molar-refractivity contribution in [2.24, 2.45) is 0 Å². The lowest BCUT2D eigenvalue weighted by molar-refractivity contribution is -0.384. The molecule has 1 aromatic carbocycles. The summed E-state index contributed by atoms with van der Waals surface area (Å²) in [6.07, 6.45) is 0. The van der Waals surface area contributed by atoms with Gasteiger partial charge in [-0.3, -0.25) is 14.9 Å². The van der Waals surface area contributed by atoms with E-state index in [9.17, 15) is 14.9 Å². The molecule has 0 aliphatic heterocycles. The first-order valence-electron chi connectivity index (χ1n) is 6.35. The molecule has 9 heteroatoms. The molecule has 1 amide bonds. The minimum absolute atomic E-state index is 0.0948. The third-order valence-corrected chi connectivity index (χ3v) is 4.73. The van der Waals surface area contributed by atoms with Gasteiger partial charge in [-0.05, 0) is 31.9 Å². The summed E-state index contributed by atoms with van der Waals surface area (Å²) >= 11 is 2.66. The molecule has 1 N–H and O–H groups in total. The van der Waals surface area contributed by atoms with Crippen molar-refractivity contribution in [3.8, 4) is 0 Å². The summed E-state index contributed by atoms with van der Waals surface area (Å²) in [5.41, 5.74) is 1.59. The molecule has 22 heavy (non-hydrogen) atoms. The third kappa shape index (κ3) is 4.01. The molecule has 0 spiro atoms. The predicted octanol–water partition coefficient (Wildman–Crippen LogP) is 3.10. The zero-order valence-electron chi connectivity index (χ0n) is 12.2. The van der Waals surface area contributed by atoms with Gasteiger partial charge in [0, 0.05) is 6.07 Å². The lowest BCUT2D eigenvalue weighted by Gasteiger charge is -2.09. The second-order valence-electron chi connectivity index (χ2n) is 4.66. The van der Waals surface area contributed by atoms with E-state index >= 15 is 0 Å². The molecule has 2 aromatic rings. The fraction of sp³-hybridized carbons (Fsp3) is 0.308. The minimum atomic E-state index is -0.489. The number of anilines is 1.